The highest BCUT2D eigenvalue weighted by Crippen LogP contribution is 2.38. The Kier molecular flexibility index (Phi) is 7.86. The standard InChI is InChI=1S/C31H28N2O8S/c1-6-40-30(37)26-17(3)32-31-33(27(26)22-14-19(38-4)9-11-23(22)39-5)28(34)25(42-31)15-20-10-12-24(41-20)21-13-18(29(35)36)8-7-16(21)2/h7-15,27H,6H2,1-5H3,(H,35,36)/p-1/b25-15-/t27-/m0/s1. The van der Waals surface area contributed by atoms with Gasteiger partial charge in [-0.3, -0.25) is 9.36 Å². The first-order chi connectivity index (χ1) is 20.2. The summed E-state index contributed by atoms with van der Waals surface area (Å²) in [5, 5.41) is 11.4. The number of benzene rings is 2. The zero-order valence-corrected chi connectivity index (χ0v) is 24.4. The van der Waals surface area contributed by atoms with Crippen LogP contribution in [-0.4, -0.2) is 37.3 Å². The van der Waals surface area contributed by atoms with Gasteiger partial charge in [0.15, 0.2) is 4.80 Å². The highest BCUT2D eigenvalue weighted by atomic mass is 32.1. The van der Waals surface area contributed by atoms with Crippen LogP contribution in [0.2, 0.25) is 0 Å². The SMILES string of the molecule is CCOC(=O)C1=C(C)N=c2s/c(=C\c3ccc(-c4cc(C(=O)[O-])ccc4C)o3)c(=O)n2[C@H]1c1cc(OC)ccc1OC. The van der Waals surface area contributed by atoms with E-state index >= 15 is 0 Å². The molecule has 0 spiro atoms. The molecular formula is C31H27N2O8S-. The maximum Gasteiger partial charge on any atom is 0.338 e. The Labute approximate surface area is 244 Å². The molecule has 0 unspecified atom stereocenters. The Morgan fingerprint density at radius 3 is 2.57 bits per heavy atom. The normalized spacial score (nSPS) is 14.8. The molecule has 1 atom stereocenters. The molecular weight excluding hydrogens is 560 g/mol. The minimum absolute atomic E-state index is 0.0302. The number of esters is 1. The number of aromatic nitrogens is 1. The summed E-state index contributed by atoms with van der Waals surface area (Å²) in [6.45, 7) is 5.39. The maximum atomic E-state index is 14.0. The van der Waals surface area contributed by atoms with Gasteiger partial charge in [0.25, 0.3) is 5.56 Å². The number of hydrogen-bond acceptors (Lipinski definition) is 10. The minimum atomic E-state index is -1.29. The van der Waals surface area contributed by atoms with Gasteiger partial charge < -0.3 is 28.5 Å². The fraction of sp³-hybridized carbons (Fsp3) is 0.226. The monoisotopic (exact) mass is 587 g/mol. The highest BCUT2D eigenvalue weighted by molar-refractivity contribution is 7.07. The van der Waals surface area contributed by atoms with E-state index in [1.165, 1.54) is 30.9 Å². The molecule has 5 rings (SSSR count). The third-order valence-electron chi connectivity index (χ3n) is 6.89. The van der Waals surface area contributed by atoms with E-state index in [0.29, 0.717) is 49.2 Å². The smallest absolute Gasteiger partial charge is 0.338 e. The molecule has 0 saturated heterocycles. The molecule has 1 aliphatic heterocycles. The van der Waals surface area contributed by atoms with Crippen LogP contribution in [0, 0.1) is 6.92 Å². The average molecular weight is 588 g/mol. The van der Waals surface area contributed by atoms with Gasteiger partial charge in [-0.2, -0.15) is 0 Å². The number of carboxylic acids is 1. The van der Waals surface area contributed by atoms with Crippen molar-refractivity contribution in [2.75, 3.05) is 20.8 Å². The summed E-state index contributed by atoms with van der Waals surface area (Å²) < 4.78 is 24.2. The van der Waals surface area contributed by atoms with Gasteiger partial charge in [-0.15, -0.1) is 0 Å². The van der Waals surface area contributed by atoms with E-state index in [-0.39, 0.29) is 17.7 Å². The molecule has 1 aliphatic rings. The zero-order valence-electron chi connectivity index (χ0n) is 23.5. The third kappa shape index (κ3) is 5.14. The van der Waals surface area contributed by atoms with Crippen molar-refractivity contribution in [3.8, 4) is 22.8 Å². The second kappa shape index (κ2) is 11.5. The molecule has 0 aliphatic carbocycles. The van der Waals surface area contributed by atoms with E-state index in [4.69, 9.17) is 18.6 Å². The van der Waals surface area contributed by atoms with Gasteiger partial charge in [0, 0.05) is 17.2 Å². The van der Waals surface area contributed by atoms with E-state index in [1.54, 1.807) is 56.3 Å². The van der Waals surface area contributed by atoms with Crippen molar-refractivity contribution in [2.45, 2.75) is 26.8 Å². The number of carbonyl (C=O) groups excluding carboxylic acids is 2. The van der Waals surface area contributed by atoms with Gasteiger partial charge in [0.05, 0.1) is 42.6 Å². The van der Waals surface area contributed by atoms with Crippen molar-refractivity contribution >= 4 is 29.4 Å². The van der Waals surface area contributed by atoms with Crippen molar-refractivity contribution in [1.29, 1.82) is 0 Å². The van der Waals surface area contributed by atoms with Crippen LogP contribution in [0.5, 0.6) is 11.5 Å². The number of aryl methyl sites for hydroxylation is 1. The summed E-state index contributed by atoms with van der Waals surface area (Å²) >= 11 is 1.15. The second-order valence-electron chi connectivity index (χ2n) is 9.43. The van der Waals surface area contributed by atoms with Crippen molar-refractivity contribution < 1.29 is 33.3 Å². The largest absolute Gasteiger partial charge is 0.545 e. The Balaban J connectivity index is 1.67. The number of methoxy groups -OCH3 is 2. The van der Waals surface area contributed by atoms with E-state index in [9.17, 15) is 19.5 Å². The van der Waals surface area contributed by atoms with Gasteiger partial charge in [0.2, 0.25) is 0 Å². The van der Waals surface area contributed by atoms with Crippen molar-refractivity contribution in [3.05, 3.63) is 102 Å². The number of carbonyl (C=O) groups is 2. The van der Waals surface area contributed by atoms with E-state index in [0.717, 1.165) is 16.9 Å². The Hall–Kier alpha value is -4.90. The van der Waals surface area contributed by atoms with E-state index in [2.05, 4.69) is 4.99 Å². The number of furan rings is 1. The number of ether oxygens (including phenoxy) is 3. The van der Waals surface area contributed by atoms with Crippen LogP contribution < -0.4 is 29.5 Å². The Bertz CT molecular complexity index is 1930. The molecule has 216 valence electrons. The summed E-state index contributed by atoms with van der Waals surface area (Å²) in [4.78, 5) is 43.5. The topological polar surface area (TPSA) is 132 Å². The van der Waals surface area contributed by atoms with Crippen LogP contribution in [-0.2, 0) is 9.53 Å². The number of aromatic carboxylic acids is 1. The molecule has 0 fully saturated rings. The van der Waals surface area contributed by atoms with Crippen LogP contribution in [0.25, 0.3) is 17.4 Å². The van der Waals surface area contributed by atoms with E-state index in [1.807, 2.05) is 6.92 Å². The van der Waals surface area contributed by atoms with Crippen LogP contribution >= 0.6 is 11.3 Å². The molecule has 0 bridgehead atoms. The summed E-state index contributed by atoms with van der Waals surface area (Å²) in [6.07, 6.45) is 1.59. The molecule has 4 aromatic rings. The summed E-state index contributed by atoms with van der Waals surface area (Å²) in [5.41, 5.74) is 2.21. The van der Waals surface area contributed by atoms with Gasteiger partial charge in [-0.1, -0.05) is 23.5 Å². The van der Waals surface area contributed by atoms with Gasteiger partial charge in [-0.05, 0) is 68.3 Å². The van der Waals surface area contributed by atoms with Crippen LogP contribution in [0.1, 0.15) is 47.1 Å². The molecule has 2 aromatic heterocycles. The fourth-order valence-electron chi connectivity index (χ4n) is 4.86. The molecule has 0 amide bonds. The minimum Gasteiger partial charge on any atom is -0.545 e. The number of nitrogens with zero attached hydrogens (tertiary/aromatic N) is 2. The number of rotatable bonds is 8. The third-order valence-corrected chi connectivity index (χ3v) is 7.87. The second-order valence-corrected chi connectivity index (χ2v) is 10.4. The van der Waals surface area contributed by atoms with Crippen molar-refractivity contribution in [3.63, 3.8) is 0 Å². The molecule has 10 nitrogen and oxygen atoms in total. The van der Waals surface area contributed by atoms with Crippen molar-refractivity contribution in [2.24, 2.45) is 4.99 Å². The van der Waals surface area contributed by atoms with Crippen LogP contribution in [0.15, 0.2) is 74.0 Å². The van der Waals surface area contributed by atoms with Crippen LogP contribution in [0.4, 0.5) is 0 Å². The Morgan fingerprint density at radius 1 is 1.10 bits per heavy atom. The first kappa shape index (κ1) is 28.6. The lowest BCUT2D eigenvalue weighted by Gasteiger charge is -2.26. The number of fused-ring (bicyclic) bond motifs is 1. The Morgan fingerprint density at radius 2 is 1.88 bits per heavy atom. The maximum absolute atomic E-state index is 14.0. The molecule has 0 radical (unpaired) electrons. The van der Waals surface area contributed by atoms with Gasteiger partial charge >= 0.3 is 5.97 Å². The summed E-state index contributed by atoms with van der Waals surface area (Å²) in [6, 6.07) is 12.3. The zero-order chi connectivity index (χ0) is 30.1. The molecule has 11 heteroatoms. The molecule has 42 heavy (non-hydrogen) atoms. The lowest BCUT2D eigenvalue weighted by atomic mass is 9.95. The van der Waals surface area contributed by atoms with Gasteiger partial charge in [-0.25, -0.2) is 9.79 Å². The average Bonchev–Trinajstić information content (AvgIpc) is 3.56. The fourth-order valence-corrected chi connectivity index (χ4v) is 5.88. The molecule has 2 aromatic carbocycles. The quantitative estimate of drug-likeness (QED) is 0.288. The molecule has 3 heterocycles. The summed E-state index contributed by atoms with van der Waals surface area (Å²) in [7, 11) is 3.03. The van der Waals surface area contributed by atoms with Crippen molar-refractivity contribution in [1.82, 2.24) is 4.57 Å². The first-order valence-corrected chi connectivity index (χ1v) is 13.8. The highest BCUT2D eigenvalue weighted by Gasteiger charge is 2.35. The number of allylic oxidation sites excluding steroid dienone is 1. The molecule has 0 saturated carbocycles. The first-order valence-electron chi connectivity index (χ1n) is 13.0. The predicted molar refractivity (Wildman–Crippen MR) is 153 cm³/mol. The molecule has 0 N–H and O–H groups in total. The lowest BCUT2D eigenvalue weighted by molar-refractivity contribution is -0.255. The van der Waals surface area contributed by atoms with Gasteiger partial charge in [0.1, 0.15) is 29.1 Å². The number of hydrogen-bond donors (Lipinski definition) is 0. The predicted octanol–water partition coefficient (Wildman–Crippen LogP) is 2.75. The number of thiazole rings is 1. The summed E-state index contributed by atoms with van der Waals surface area (Å²) in [5.74, 6) is -0.0836. The van der Waals surface area contributed by atoms with Crippen LogP contribution in [0.3, 0.4) is 0 Å². The lowest BCUT2D eigenvalue weighted by Crippen LogP contribution is -2.40. The van der Waals surface area contributed by atoms with E-state index < -0.39 is 23.5 Å². The number of carboxylic acid groups (broad SMARTS) is 1.